The number of sulfone groups is 1. The molecule has 0 saturated heterocycles. The molecular weight excluding hydrogens is 582 g/mol. The highest BCUT2D eigenvalue weighted by Crippen LogP contribution is 2.42. The fraction of sp³-hybridized carbons (Fsp3) is 0.190. The van der Waals surface area contributed by atoms with Crippen molar-refractivity contribution in [1.82, 2.24) is 0 Å². The first-order valence-electron chi connectivity index (χ1n) is 10.7. The van der Waals surface area contributed by atoms with Crippen molar-refractivity contribution >= 4 is 64.3 Å². The Bertz CT molecular complexity index is 1750. The molecule has 0 aromatic heterocycles. The van der Waals surface area contributed by atoms with Gasteiger partial charge in [-0.15, -0.1) is 5.11 Å². The second-order valence-electron chi connectivity index (χ2n) is 7.59. The van der Waals surface area contributed by atoms with Crippen LogP contribution in [0.1, 0.15) is 6.92 Å². The molecule has 3 aromatic carbocycles. The number of fused-ring (bicyclic) bond motifs is 1. The van der Waals surface area contributed by atoms with E-state index in [1.54, 1.807) is 6.92 Å². The summed E-state index contributed by atoms with van der Waals surface area (Å²) in [7, 11) is -13.7. The number of hydrogen-bond acceptors (Lipinski definition) is 12. The maximum atomic E-state index is 12.3. The average Bonchev–Trinajstić information content (AvgIpc) is 2.82. The molecule has 0 aliphatic heterocycles. The molecule has 0 bridgehead atoms. The number of phenolic OH excluding ortho intramolecular Hbond substituents is 1. The van der Waals surface area contributed by atoms with Crippen LogP contribution in [-0.2, 0) is 39.3 Å². The number of nitrogens with zero attached hydrogens (tertiary/aromatic N) is 2. The van der Waals surface area contributed by atoms with Gasteiger partial charge in [-0.3, -0.25) is 14.4 Å². The Morgan fingerprint density at radius 2 is 1.62 bits per heavy atom. The van der Waals surface area contributed by atoms with Crippen molar-refractivity contribution in [2.24, 2.45) is 10.2 Å². The molecule has 0 fully saturated rings. The lowest BCUT2D eigenvalue weighted by molar-refractivity contribution is 0.168. The SMILES string of the molecule is CCOC(=O)Nc1ccc2c(O)c(N=Nc3ccc(S(=O)(=O)CCOS(=O)(=O)O)cc3)c(S(=O)(=O)O)cc2c1. The number of anilines is 1. The highest BCUT2D eigenvalue weighted by atomic mass is 32.3. The lowest BCUT2D eigenvalue weighted by Crippen LogP contribution is -2.15. The number of benzene rings is 3. The van der Waals surface area contributed by atoms with E-state index in [2.05, 4.69) is 19.7 Å². The van der Waals surface area contributed by atoms with Crippen LogP contribution in [0.4, 0.5) is 21.9 Å². The van der Waals surface area contributed by atoms with E-state index in [9.17, 15) is 39.7 Å². The number of carbonyl (C=O) groups is 1. The minimum Gasteiger partial charge on any atom is -0.505 e. The Hall–Kier alpha value is -3.68. The summed E-state index contributed by atoms with van der Waals surface area (Å²) < 4.78 is 96.8. The molecule has 3 aromatic rings. The maximum Gasteiger partial charge on any atom is 0.411 e. The van der Waals surface area contributed by atoms with Gasteiger partial charge in [-0.2, -0.15) is 21.9 Å². The van der Waals surface area contributed by atoms with Crippen molar-refractivity contribution in [3.8, 4) is 5.75 Å². The molecule has 0 heterocycles. The molecule has 15 nitrogen and oxygen atoms in total. The molecule has 3 rings (SSSR count). The zero-order valence-electron chi connectivity index (χ0n) is 19.9. The summed E-state index contributed by atoms with van der Waals surface area (Å²) in [6, 6.07) is 9.73. The highest BCUT2D eigenvalue weighted by molar-refractivity contribution is 7.91. The van der Waals surface area contributed by atoms with Gasteiger partial charge in [0, 0.05) is 11.1 Å². The van der Waals surface area contributed by atoms with E-state index in [1.165, 1.54) is 30.3 Å². The first-order valence-corrected chi connectivity index (χ1v) is 15.1. The summed E-state index contributed by atoms with van der Waals surface area (Å²) in [5, 5.41) is 20.9. The van der Waals surface area contributed by atoms with Crippen molar-refractivity contribution < 1.29 is 53.2 Å². The number of carbonyl (C=O) groups excluding carboxylic acids is 1. The number of ether oxygens (including phenoxy) is 1. The lowest BCUT2D eigenvalue weighted by atomic mass is 10.1. The molecule has 4 N–H and O–H groups in total. The predicted molar refractivity (Wildman–Crippen MR) is 136 cm³/mol. The molecule has 0 atom stereocenters. The van der Waals surface area contributed by atoms with Crippen LogP contribution >= 0.6 is 0 Å². The summed E-state index contributed by atoms with van der Waals surface area (Å²) in [6.45, 7) is 0.907. The fourth-order valence-corrected chi connectivity index (χ4v) is 5.35. The summed E-state index contributed by atoms with van der Waals surface area (Å²) in [5.41, 5.74) is -0.358. The van der Waals surface area contributed by atoms with E-state index in [0.717, 1.165) is 18.2 Å². The van der Waals surface area contributed by atoms with Crippen LogP contribution < -0.4 is 5.32 Å². The van der Waals surface area contributed by atoms with Crippen LogP contribution in [0.5, 0.6) is 5.75 Å². The number of rotatable bonds is 10. The lowest BCUT2D eigenvalue weighted by Gasteiger charge is -2.11. The van der Waals surface area contributed by atoms with Gasteiger partial charge in [-0.1, -0.05) is 0 Å². The predicted octanol–water partition coefficient (Wildman–Crippen LogP) is 3.37. The molecule has 0 aliphatic carbocycles. The number of nitrogens with one attached hydrogen (secondary N) is 1. The van der Waals surface area contributed by atoms with Gasteiger partial charge >= 0.3 is 16.5 Å². The standard InChI is InChI=1S/C21H21N3O12S3/c1-2-35-21(26)22-15-5-8-17-13(11-15)12-18(38(29,30)31)19(20(17)25)24-23-14-3-6-16(7-4-14)37(27,28)10-9-36-39(32,33)34/h3-8,11-12,25H,2,9-10H2,1H3,(H,22,26)(H,29,30,31)(H,32,33,34). The Labute approximate surface area is 222 Å². The normalized spacial score (nSPS) is 12.6. The van der Waals surface area contributed by atoms with Gasteiger partial charge in [0.1, 0.15) is 10.6 Å². The van der Waals surface area contributed by atoms with E-state index >= 15 is 0 Å². The van der Waals surface area contributed by atoms with Gasteiger partial charge < -0.3 is 9.84 Å². The number of phenols is 1. The molecular formula is C21H21N3O12S3. The Balaban J connectivity index is 1.93. The van der Waals surface area contributed by atoms with Crippen molar-refractivity contribution in [2.45, 2.75) is 16.7 Å². The topological polar surface area (TPSA) is 235 Å². The third-order valence-corrected chi connectivity index (χ3v) is 7.92. The van der Waals surface area contributed by atoms with Crippen molar-refractivity contribution in [2.75, 3.05) is 24.3 Å². The van der Waals surface area contributed by atoms with Crippen LogP contribution in [0, 0.1) is 0 Å². The summed E-state index contributed by atoms with van der Waals surface area (Å²) in [4.78, 5) is 10.6. The van der Waals surface area contributed by atoms with E-state index < -0.39 is 65.1 Å². The molecule has 0 unspecified atom stereocenters. The summed E-state index contributed by atoms with van der Waals surface area (Å²) in [6.07, 6.45) is -0.758. The van der Waals surface area contributed by atoms with Gasteiger partial charge in [-0.25, -0.2) is 17.4 Å². The molecule has 210 valence electrons. The van der Waals surface area contributed by atoms with Crippen LogP contribution in [0.3, 0.4) is 0 Å². The minimum absolute atomic E-state index is 0.0258. The van der Waals surface area contributed by atoms with Gasteiger partial charge in [0.05, 0.1) is 29.5 Å². The van der Waals surface area contributed by atoms with Crippen molar-refractivity contribution in [1.29, 1.82) is 0 Å². The van der Waals surface area contributed by atoms with E-state index in [4.69, 9.17) is 9.29 Å². The second kappa shape index (κ2) is 11.6. The summed E-state index contributed by atoms with van der Waals surface area (Å²) >= 11 is 0. The molecule has 1 amide bonds. The van der Waals surface area contributed by atoms with Crippen LogP contribution in [0.15, 0.2) is 68.6 Å². The molecule has 0 saturated carbocycles. The van der Waals surface area contributed by atoms with E-state index in [-0.39, 0.29) is 33.6 Å². The van der Waals surface area contributed by atoms with Crippen LogP contribution in [0.2, 0.25) is 0 Å². The van der Waals surface area contributed by atoms with E-state index in [0.29, 0.717) is 0 Å². The molecule has 0 aliphatic rings. The van der Waals surface area contributed by atoms with Gasteiger partial charge in [0.25, 0.3) is 10.1 Å². The monoisotopic (exact) mass is 603 g/mol. The third-order valence-electron chi connectivity index (χ3n) is 4.90. The highest BCUT2D eigenvalue weighted by Gasteiger charge is 2.22. The number of hydrogen-bond donors (Lipinski definition) is 4. The average molecular weight is 604 g/mol. The number of aromatic hydroxyl groups is 1. The quantitative estimate of drug-likeness (QED) is 0.193. The van der Waals surface area contributed by atoms with Crippen LogP contribution in [-0.4, -0.2) is 64.5 Å². The van der Waals surface area contributed by atoms with Gasteiger partial charge in [0.2, 0.25) is 0 Å². The summed E-state index contributed by atoms with van der Waals surface area (Å²) in [5.74, 6) is -1.41. The van der Waals surface area contributed by atoms with Gasteiger partial charge in [-0.05, 0) is 60.8 Å². The number of azo groups is 1. The zero-order chi connectivity index (χ0) is 29.0. The Morgan fingerprint density at radius 3 is 2.21 bits per heavy atom. The van der Waals surface area contributed by atoms with Gasteiger partial charge in [0.15, 0.2) is 15.6 Å². The largest absolute Gasteiger partial charge is 0.505 e. The smallest absolute Gasteiger partial charge is 0.411 e. The van der Waals surface area contributed by atoms with Crippen molar-refractivity contribution in [3.05, 3.63) is 48.5 Å². The Kier molecular flexibility index (Phi) is 8.88. The molecule has 0 spiro atoms. The second-order valence-corrected chi connectivity index (χ2v) is 12.2. The minimum atomic E-state index is -4.92. The third kappa shape index (κ3) is 7.91. The first kappa shape index (κ1) is 29.9. The Morgan fingerprint density at radius 1 is 0.949 bits per heavy atom. The van der Waals surface area contributed by atoms with Crippen LogP contribution in [0.25, 0.3) is 10.8 Å². The molecule has 18 heteroatoms. The van der Waals surface area contributed by atoms with E-state index in [1.807, 2.05) is 0 Å². The van der Waals surface area contributed by atoms with Crippen molar-refractivity contribution in [3.63, 3.8) is 0 Å². The maximum absolute atomic E-state index is 12.3. The molecule has 39 heavy (non-hydrogen) atoms. The first-order chi connectivity index (χ1) is 18.1. The zero-order valence-corrected chi connectivity index (χ0v) is 22.3. The molecule has 0 radical (unpaired) electrons. The fourth-order valence-electron chi connectivity index (χ4n) is 3.20. The number of amides is 1.